The van der Waals surface area contributed by atoms with E-state index in [1.54, 1.807) is 13.8 Å². The summed E-state index contributed by atoms with van der Waals surface area (Å²) in [5.74, 6) is 0.738. The van der Waals surface area contributed by atoms with Gasteiger partial charge in [0.1, 0.15) is 0 Å². The van der Waals surface area contributed by atoms with Crippen LogP contribution in [-0.2, 0) is 20.0 Å². The minimum Gasteiger partial charge on any atom is -0.490 e. The second kappa shape index (κ2) is 8.15. The van der Waals surface area contributed by atoms with Crippen molar-refractivity contribution < 1.29 is 26.3 Å². The normalized spacial score (nSPS) is 11.9. The van der Waals surface area contributed by atoms with Crippen molar-refractivity contribution in [2.24, 2.45) is 5.14 Å². The van der Waals surface area contributed by atoms with E-state index in [9.17, 15) is 16.8 Å². The van der Waals surface area contributed by atoms with Crippen molar-refractivity contribution in [1.82, 2.24) is 0 Å². The van der Waals surface area contributed by atoms with Crippen molar-refractivity contribution in [2.45, 2.75) is 30.6 Å². The van der Waals surface area contributed by atoms with Gasteiger partial charge >= 0.3 is 0 Å². The highest BCUT2D eigenvalue weighted by Crippen LogP contribution is 2.31. The first-order chi connectivity index (χ1) is 12.6. The maximum atomic E-state index is 12.7. The molecule has 0 saturated carbocycles. The van der Waals surface area contributed by atoms with Crippen molar-refractivity contribution in [1.29, 1.82) is 0 Å². The molecule has 0 radical (unpaired) electrons. The van der Waals surface area contributed by atoms with Gasteiger partial charge in [-0.2, -0.15) is 0 Å². The van der Waals surface area contributed by atoms with Gasteiger partial charge < -0.3 is 9.47 Å². The molecule has 10 heteroatoms. The smallest absolute Gasteiger partial charge is 0.262 e. The fraction of sp³-hybridized carbons (Fsp3) is 0.294. The molecule has 0 amide bonds. The first-order valence-corrected chi connectivity index (χ1v) is 11.2. The van der Waals surface area contributed by atoms with Gasteiger partial charge in [0.25, 0.3) is 10.0 Å². The summed E-state index contributed by atoms with van der Waals surface area (Å²) >= 11 is 0. The van der Waals surface area contributed by atoms with Gasteiger partial charge in [-0.3, -0.25) is 4.72 Å². The first-order valence-electron chi connectivity index (χ1n) is 8.14. The van der Waals surface area contributed by atoms with Crippen molar-refractivity contribution in [3.63, 3.8) is 0 Å². The second-order valence-corrected chi connectivity index (χ2v) is 8.82. The number of nitrogens with one attached hydrogen (secondary N) is 1. The molecule has 0 spiro atoms. The van der Waals surface area contributed by atoms with E-state index in [1.807, 2.05) is 6.92 Å². The average Bonchev–Trinajstić information content (AvgIpc) is 2.57. The molecule has 0 bridgehead atoms. The number of anilines is 1. The number of rotatable bonds is 8. The summed E-state index contributed by atoms with van der Waals surface area (Å²) in [6.45, 7) is 5.90. The van der Waals surface area contributed by atoms with E-state index in [4.69, 9.17) is 14.6 Å². The number of sulfonamides is 2. The third kappa shape index (κ3) is 5.12. The monoisotopic (exact) mass is 414 g/mol. The summed E-state index contributed by atoms with van der Waals surface area (Å²) in [7, 11) is -7.96. The number of ether oxygens (including phenoxy) is 2. The first kappa shape index (κ1) is 21.0. The summed E-state index contributed by atoms with van der Waals surface area (Å²) in [6, 6.07) is 8.35. The van der Waals surface area contributed by atoms with Crippen molar-refractivity contribution in [3.8, 4) is 11.5 Å². The van der Waals surface area contributed by atoms with E-state index in [2.05, 4.69) is 4.72 Å². The molecule has 2 aromatic carbocycles. The van der Waals surface area contributed by atoms with Gasteiger partial charge in [0, 0.05) is 6.07 Å². The Morgan fingerprint density at radius 2 is 1.56 bits per heavy atom. The highest BCUT2D eigenvalue weighted by molar-refractivity contribution is 7.92. The quantitative estimate of drug-likeness (QED) is 0.682. The largest absolute Gasteiger partial charge is 0.490 e. The molecular formula is C17H22N2O6S2. The Kier molecular flexibility index (Phi) is 6.34. The zero-order chi connectivity index (χ0) is 20.2. The zero-order valence-electron chi connectivity index (χ0n) is 15.2. The molecule has 0 fully saturated rings. The van der Waals surface area contributed by atoms with Crippen LogP contribution in [0.15, 0.2) is 46.2 Å². The Balaban J connectivity index is 2.41. The summed E-state index contributed by atoms with van der Waals surface area (Å²) in [5.41, 5.74) is 0.497. The number of hydrogen-bond acceptors (Lipinski definition) is 6. The fourth-order valence-electron chi connectivity index (χ4n) is 2.38. The Labute approximate surface area is 159 Å². The Hall–Kier alpha value is -2.30. The lowest BCUT2D eigenvalue weighted by atomic mass is 10.2. The molecule has 0 unspecified atom stereocenters. The van der Waals surface area contributed by atoms with Crippen molar-refractivity contribution in [2.75, 3.05) is 17.9 Å². The molecule has 0 atom stereocenters. The van der Waals surface area contributed by atoms with Crippen LogP contribution >= 0.6 is 0 Å². The van der Waals surface area contributed by atoms with Crippen LogP contribution in [0.5, 0.6) is 11.5 Å². The molecule has 2 aromatic rings. The molecule has 0 heterocycles. The molecule has 0 aliphatic rings. The summed E-state index contributed by atoms with van der Waals surface area (Å²) < 4.78 is 61.8. The molecule has 27 heavy (non-hydrogen) atoms. The Morgan fingerprint density at radius 1 is 0.926 bits per heavy atom. The minimum atomic E-state index is -3.98. The van der Waals surface area contributed by atoms with E-state index < -0.39 is 20.0 Å². The van der Waals surface area contributed by atoms with Gasteiger partial charge in [-0.1, -0.05) is 6.07 Å². The summed E-state index contributed by atoms with van der Waals surface area (Å²) in [5, 5.41) is 5.16. The fourth-order valence-corrected chi connectivity index (χ4v) is 4.26. The van der Waals surface area contributed by atoms with Gasteiger partial charge in [0.15, 0.2) is 11.5 Å². The van der Waals surface area contributed by atoms with Gasteiger partial charge in [0.05, 0.1) is 28.7 Å². The molecule has 3 N–H and O–H groups in total. The van der Waals surface area contributed by atoms with Crippen LogP contribution < -0.4 is 19.3 Å². The van der Waals surface area contributed by atoms with Crippen molar-refractivity contribution in [3.05, 3.63) is 42.0 Å². The molecule has 0 aliphatic carbocycles. The van der Waals surface area contributed by atoms with Crippen LogP contribution in [0, 0.1) is 6.92 Å². The van der Waals surface area contributed by atoms with Crippen molar-refractivity contribution >= 4 is 25.7 Å². The molecule has 148 valence electrons. The third-order valence-electron chi connectivity index (χ3n) is 3.57. The average molecular weight is 415 g/mol. The lowest BCUT2D eigenvalue weighted by Crippen LogP contribution is -2.16. The van der Waals surface area contributed by atoms with E-state index in [-0.39, 0.29) is 15.5 Å². The predicted molar refractivity (Wildman–Crippen MR) is 102 cm³/mol. The number of primary sulfonamides is 1. The van der Waals surface area contributed by atoms with Gasteiger partial charge in [0.2, 0.25) is 10.0 Å². The maximum Gasteiger partial charge on any atom is 0.262 e. The van der Waals surface area contributed by atoms with E-state index in [0.717, 1.165) is 0 Å². The molecular weight excluding hydrogens is 392 g/mol. The summed E-state index contributed by atoms with van der Waals surface area (Å²) in [4.78, 5) is -0.198. The Morgan fingerprint density at radius 3 is 2.15 bits per heavy atom. The second-order valence-electron chi connectivity index (χ2n) is 5.61. The van der Waals surface area contributed by atoms with E-state index in [1.165, 1.54) is 36.4 Å². The van der Waals surface area contributed by atoms with E-state index >= 15 is 0 Å². The Bertz CT molecular complexity index is 1030. The lowest BCUT2D eigenvalue weighted by Gasteiger charge is -2.14. The number of benzene rings is 2. The highest BCUT2D eigenvalue weighted by Gasteiger charge is 2.19. The number of hydrogen-bond donors (Lipinski definition) is 2. The molecule has 2 rings (SSSR count). The van der Waals surface area contributed by atoms with Gasteiger partial charge in [-0.25, -0.2) is 22.0 Å². The van der Waals surface area contributed by atoms with Crippen LogP contribution in [0.4, 0.5) is 5.69 Å². The minimum absolute atomic E-state index is 0.0490. The lowest BCUT2D eigenvalue weighted by molar-refractivity contribution is 0.287. The standard InChI is InChI=1S/C17H22N2O6S2/c1-4-24-15-9-8-14(11-16(15)25-5-2)27(22,23)19-13-7-6-12(3)17(10-13)26(18,20)21/h6-11,19H,4-5H2,1-3H3,(H2,18,20,21). The van der Waals surface area contributed by atoms with Crippen LogP contribution in [0.2, 0.25) is 0 Å². The number of nitrogens with two attached hydrogens (primary N) is 1. The molecule has 0 saturated heterocycles. The van der Waals surface area contributed by atoms with E-state index in [0.29, 0.717) is 30.3 Å². The third-order valence-corrected chi connectivity index (χ3v) is 6.00. The SMILES string of the molecule is CCOc1ccc(S(=O)(=O)Nc2ccc(C)c(S(N)(=O)=O)c2)cc1OCC. The van der Waals surface area contributed by atoms with Crippen LogP contribution in [0.1, 0.15) is 19.4 Å². The summed E-state index contributed by atoms with van der Waals surface area (Å²) in [6.07, 6.45) is 0. The maximum absolute atomic E-state index is 12.7. The molecule has 0 aromatic heterocycles. The zero-order valence-corrected chi connectivity index (χ0v) is 16.9. The van der Waals surface area contributed by atoms with Crippen LogP contribution in [0.25, 0.3) is 0 Å². The molecule has 0 aliphatic heterocycles. The van der Waals surface area contributed by atoms with Gasteiger partial charge in [-0.05, 0) is 50.6 Å². The predicted octanol–water partition coefficient (Wildman–Crippen LogP) is 2.24. The molecule has 8 nitrogen and oxygen atoms in total. The number of aryl methyl sites for hydroxylation is 1. The van der Waals surface area contributed by atoms with Gasteiger partial charge in [-0.15, -0.1) is 0 Å². The topological polar surface area (TPSA) is 125 Å². The highest BCUT2D eigenvalue weighted by atomic mass is 32.2. The van der Waals surface area contributed by atoms with Crippen LogP contribution in [-0.4, -0.2) is 30.0 Å². The van der Waals surface area contributed by atoms with Crippen LogP contribution in [0.3, 0.4) is 0 Å².